The standard InChI is InChI=1S/C15H25N3O/c1-4-18(13-7-8-13)15(19)11-17-9-5-6-14(17)10-16-12(2)3/h5-6,9,12-13,16H,4,7-8,10-11H2,1-3H3. The summed E-state index contributed by atoms with van der Waals surface area (Å²) in [5.74, 6) is 0.243. The van der Waals surface area contributed by atoms with Gasteiger partial charge in [0.1, 0.15) is 6.54 Å². The Hall–Kier alpha value is -1.29. The van der Waals surface area contributed by atoms with Gasteiger partial charge in [0.2, 0.25) is 5.91 Å². The van der Waals surface area contributed by atoms with E-state index in [-0.39, 0.29) is 5.91 Å². The van der Waals surface area contributed by atoms with Crippen LogP contribution in [0.1, 0.15) is 39.3 Å². The molecule has 2 rings (SSSR count). The number of rotatable bonds is 7. The molecule has 19 heavy (non-hydrogen) atoms. The maximum Gasteiger partial charge on any atom is 0.242 e. The number of likely N-dealkylation sites (N-methyl/N-ethyl adjacent to an activating group) is 1. The van der Waals surface area contributed by atoms with Crippen LogP contribution < -0.4 is 5.32 Å². The van der Waals surface area contributed by atoms with Crippen molar-refractivity contribution in [1.29, 1.82) is 0 Å². The average Bonchev–Trinajstić information content (AvgIpc) is 3.09. The van der Waals surface area contributed by atoms with E-state index in [0.29, 0.717) is 18.6 Å². The van der Waals surface area contributed by atoms with Crippen LogP contribution in [0, 0.1) is 0 Å². The van der Waals surface area contributed by atoms with Crippen LogP contribution in [0.4, 0.5) is 0 Å². The van der Waals surface area contributed by atoms with E-state index in [2.05, 4.69) is 36.7 Å². The molecule has 0 radical (unpaired) electrons. The molecule has 1 aliphatic carbocycles. The molecule has 0 bridgehead atoms. The summed E-state index contributed by atoms with van der Waals surface area (Å²) in [6.45, 7) is 8.42. The molecule has 1 fully saturated rings. The van der Waals surface area contributed by atoms with Crippen LogP contribution in [0.3, 0.4) is 0 Å². The summed E-state index contributed by atoms with van der Waals surface area (Å²) >= 11 is 0. The second kappa shape index (κ2) is 6.24. The van der Waals surface area contributed by atoms with Crippen molar-refractivity contribution in [2.45, 2.75) is 58.8 Å². The van der Waals surface area contributed by atoms with Gasteiger partial charge in [-0.2, -0.15) is 0 Å². The molecule has 1 aromatic heterocycles. The number of carbonyl (C=O) groups excluding carboxylic acids is 1. The van der Waals surface area contributed by atoms with Crippen LogP contribution in [0.25, 0.3) is 0 Å². The first-order valence-corrected chi connectivity index (χ1v) is 7.28. The van der Waals surface area contributed by atoms with E-state index in [4.69, 9.17) is 0 Å². The van der Waals surface area contributed by atoms with Crippen LogP contribution in [0.5, 0.6) is 0 Å². The van der Waals surface area contributed by atoms with E-state index in [1.54, 1.807) is 0 Å². The Morgan fingerprint density at radius 1 is 1.53 bits per heavy atom. The maximum atomic E-state index is 12.3. The van der Waals surface area contributed by atoms with Gasteiger partial charge in [-0.25, -0.2) is 0 Å². The quantitative estimate of drug-likeness (QED) is 0.817. The predicted molar refractivity (Wildman–Crippen MR) is 76.8 cm³/mol. The lowest BCUT2D eigenvalue weighted by molar-refractivity contribution is -0.132. The number of aromatic nitrogens is 1. The highest BCUT2D eigenvalue weighted by Gasteiger charge is 2.31. The third-order valence-electron chi connectivity index (χ3n) is 3.57. The summed E-state index contributed by atoms with van der Waals surface area (Å²) in [5, 5.41) is 3.39. The van der Waals surface area contributed by atoms with Crippen molar-refractivity contribution < 1.29 is 4.79 Å². The highest BCUT2D eigenvalue weighted by atomic mass is 16.2. The Labute approximate surface area is 115 Å². The largest absolute Gasteiger partial charge is 0.341 e. The molecule has 1 aromatic rings. The zero-order valence-electron chi connectivity index (χ0n) is 12.2. The van der Waals surface area contributed by atoms with Crippen molar-refractivity contribution in [2.75, 3.05) is 6.54 Å². The van der Waals surface area contributed by atoms with Crippen molar-refractivity contribution in [3.05, 3.63) is 24.0 Å². The molecule has 0 aromatic carbocycles. The van der Waals surface area contributed by atoms with Gasteiger partial charge in [0, 0.05) is 37.1 Å². The summed E-state index contributed by atoms with van der Waals surface area (Å²) in [5.41, 5.74) is 1.17. The van der Waals surface area contributed by atoms with E-state index < -0.39 is 0 Å². The lowest BCUT2D eigenvalue weighted by atomic mass is 10.3. The molecule has 1 saturated carbocycles. The fraction of sp³-hybridized carbons (Fsp3) is 0.667. The van der Waals surface area contributed by atoms with Crippen LogP contribution >= 0.6 is 0 Å². The molecule has 106 valence electrons. The number of carbonyl (C=O) groups is 1. The van der Waals surface area contributed by atoms with Gasteiger partial charge in [0.25, 0.3) is 0 Å². The molecule has 0 aliphatic heterocycles. The van der Waals surface area contributed by atoms with Gasteiger partial charge in [0.15, 0.2) is 0 Å². The topological polar surface area (TPSA) is 37.3 Å². The van der Waals surface area contributed by atoms with Gasteiger partial charge in [0.05, 0.1) is 0 Å². The maximum absolute atomic E-state index is 12.3. The van der Waals surface area contributed by atoms with Crippen LogP contribution in [-0.4, -0.2) is 34.0 Å². The summed E-state index contributed by atoms with van der Waals surface area (Å²) in [6, 6.07) is 5.05. The Bertz CT molecular complexity index is 421. The van der Waals surface area contributed by atoms with Crippen molar-refractivity contribution >= 4 is 5.91 Å². The van der Waals surface area contributed by atoms with E-state index in [9.17, 15) is 4.79 Å². The first kappa shape index (κ1) is 14.1. The van der Waals surface area contributed by atoms with E-state index in [0.717, 1.165) is 13.1 Å². The summed E-state index contributed by atoms with van der Waals surface area (Å²) in [6.07, 6.45) is 4.34. The van der Waals surface area contributed by atoms with Crippen molar-refractivity contribution in [3.63, 3.8) is 0 Å². The summed E-state index contributed by atoms with van der Waals surface area (Å²) in [7, 11) is 0. The molecule has 0 atom stereocenters. The SMILES string of the molecule is CCN(C(=O)Cn1cccc1CNC(C)C)C1CC1. The van der Waals surface area contributed by atoms with Crippen molar-refractivity contribution in [1.82, 2.24) is 14.8 Å². The Balaban J connectivity index is 1.94. The highest BCUT2D eigenvalue weighted by molar-refractivity contribution is 5.76. The molecule has 1 heterocycles. The fourth-order valence-electron chi connectivity index (χ4n) is 2.33. The molecule has 0 unspecified atom stereocenters. The first-order valence-electron chi connectivity index (χ1n) is 7.28. The van der Waals surface area contributed by atoms with E-state index >= 15 is 0 Å². The Morgan fingerprint density at radius 2 is 2.26 bits per heavy atom. The molecule has 0 saturated heterocycles. The number of nitrogens with one attached hydrogen (secondary N) is 1. The Morgan fingerprint density at radius 3 is 2.84 bits per heavy atom. The lowest BCUT2D eigenvalue weighted by Crippen LogP contribution is -2.36. The summed E-state index contributed by atoms with van der Waals surface area (Å²) in [4.78, 5) is 14.3. The van der Waals surface area contributed by atoms with Crippen molar-refractivity contribution in [3.8, 4) is 0 Å². The first-order chi connectivity index (χ1) is 9.11. The molecule has 4 nitrogen and oxygen atoms in total. The van der Waals surface area contributed by atoms with Crippen LogP contribution in [0.2, 0.25) is 0 Å². The van der Waals surface area contributed by atoms with Gasteiger partial charge < -0.3 is 14.8 Å². The van der Waals surface area contributed by atoms with Gasteiger partial charge in [-0.3, -0.25) is 4.79 Å². The highest BCUT2D eigenvalue weighted by Crippen LogP contribution is 2.26. The van der Waals surface area contributed by atoms with Crippen LogP contribution in [-0.2, 0) is 17.9 Å². The molecule has 1 aliphatic rings. The van der Waals surface area contributed by atoms with E-state index in [1.807, 2.05) is 17.2 Å². The summed E-state index contributed by atoms with van der Waals surface area (Å²) < 4.78 is 2.06. The Kier molecular flexibility index (Phi) is 4.64. The van der Waals surface area contributed by atoms with Gasteiger partial charge >= 0.3 is 0 Å². The minimum absolute atomic E-state index is 0.243. The smallest absolute Gasteiger partial charge is 0.242 e. The number of nitrogens with zero attached hydrogens (tertiary/aromatic N) is 2. The predicted octanol–water partition coefficient (Wildman–Crippen LogP) is 2.00. The number of hydrogen-bond donors (Lipinski definition) is 1. The third-order valence-corrected chi connectivity index (χ3v) is 3.57. The number of amides is 1. The molecular formula is C15H25N3O. The molecule has 1 amide bonds. The molecule has 1 N–H and O–H groups in total. The monoisotopic (exact) mass is 263 g/mol. The van der Waals surface area contributed by atoms with Crippen molar-refractivity contribution in [2.24, 2.45) is 0 Å². The van der Waals surface area contributed by atoms with Crippen LogP contribution in [0.15, 0.2) is 18.3 Å². The molecule has 0 spiro atoms. The fourth-order valence-corrected chi connectivity index (χ4v) is 2.33. The number of hydrogen-bond acceptors (Lipinski definition) is 2. The zero-order valence-corrected chi connectivity index (χ0v) is 12.2. The zero-order chi connectivity index (χ0) is 13.8. The average molecular weight is 263 g/mol. The van der Waals surface area contributed by atoms with Gasteiger partial charge in [-0.15, -0.1) is 0 Å². The minimum Gasteiger partial charge on any atom is -0.341 e. The van der Waals surface area contributed by atoms with Gasteiger partial charge in [-0.1, -0.05) is 13.8 Å². The third kappa shape index (κ3) is 3.83. The second-order valence-corrected chi connectivity index (χ2v) is 5.57. The molecular weight excluding hydrogens is 238 g/mol. The minimum atomic E-state index is 0.243. The van der Waals surface area contributed by atoms with E-state index in [1.165, 1.54) is 18.5 Å². The second-order valence-electron chi connectivity index (χ2n) is 5.57. The molecule has 4 heteroatoms. The lowest BCUT2D eigenvalue weighted by Gasteiger charge is -2.21. The van der Waals surface area contributed by atoms with Gasteiger partial charge in [-0.05, 0) is 31.9 Å². The normalized spacial score (nSPS) is 14.9.